The molecule has 1 heterocycles. The Labute approximate surface area is 223 Å². The van der Waals surface area contributed by atoms with E-state index < -0.39 is 5.41 Å². The van der Waals surface area contributed by atoms with Gasteiger partial charge in [0, 0.05) is 36.3 Å². The summed E-state index contributed by atoms with van der Waals surface area (Å²) in [5.74, 6) is -0.451. The third kappa shape index (κ3) is 7.32. The van der Waals surface area contributed by atoms with Gasteiger partial charge in [0.1, 0.15) is 6.61 Å². The van der Waals surface area contributed by atoms with Crippen molar-refractivity contribution in [3.05, 3.63) is 114 Å². The maximum atomic E-state index is 13.1. The predicted octanol–water partition coefficient (Wildman–Crippen LogP) is 5.41. The number of piperidine rings is 1. The third-order valence-corrected chi connectivity index (χ3v) is 6.82. The van der Waals surface area contributed by atoms with E-state index in [1.165, 1.54) is 0 Å². The fourth-order valence-electron chi connectivity index (χ4n) is 4.80. The molecule has 1 fully saturated rings. The number of likely N-dealkylation sites (tertiary alicyclic amines) is 1. The molecule has 2 N–H and O–H groups in total. The number of hydrogen-bond donors (Lipinski definition) is 2. The van der Waals surface area contributed by atoms with Crippen molar-refractivity contribution in [2.24, 2.45) is 0 Å². The fraction of sp³-hybridized carbons (Fsp3) is 0.258. The number of nitrogens with one attached hydrogen (secondary N) is 2. The number of para-hydroxylation sites is 1. The molecule has 0 saturated carbocycles. The molecule has 0 radical (unpaired) electrons. The number of benzene rings is 3. The Balaban J connectivity index is 1.33. The molecule has 1 aliphatic heterocycles. The van der Waals surface area contributed by atoms with E-state index in [-0.39, 0.29) is 37.4 Å². The summed E-state index contributed by atoms with van der Waals surface area (Å²) in [4.78, 5) is 39.9. The van der Waals surface area contributed by atoms with E-state index in [1.807, 2.05) is 78.9 Å². The van der Waals surface area contributed by atoms with Crippen molar-refractivity contribution in [1.82, 2.24) is 10.2 Å². The highest BCUT2D eigenvalue weighted by Crippen LogP contribution is 2.39. The summed E-state index contributed by atoms with van der Waals surface area (Å²) in [6.45, 7) is 5.07. The van der Waals surface area contributed by atoms with Crippen LogP contribution in [-0.4, -0.2) is 35.9 Å². The van der Waals surface area contributed by atoms with Crippen LogP contribution in [0.5, 0.6) is 0 Å². The van der Waals surface area contributed by atoms with Gasteiger partial charge < -0.3 is 20.3 Å². The SMILES string of the molecule is C=C(CC(=O)Nc1ccccc1)NC(=O)CC1(c2ccccc2)CCN(C(=O)OCc2ccccc2)CC1. The van der Waals surface area contributed by atoms with E-state index >= 15 is 0 Å². The summed E-state index contributed by atoms with van der Waals surface area (Å²) < 4.78 is 5.51. The van der Waals surface area contributed by atoms with Gasteiger partial charge in [0.15, 0.2) is 0 Å². The van der Waals surface area contributed by atoms with Crippen LogP contribution < -0.4 is 10.6 Å². The average Bonchev–Trinajstić information content (AvgIpc) is 2.93. The number of ether oxygens (including phenoxy) is 1. The van der Waals surface area contributed by atoms with Crippen molar-refractivity contribution in [1.29, 1.82) is 0 Å². The zero-order chi connectivity index (χ0) is 26.8. The van der Waals surface area contributed by atoms with Crippen LogP contribution in [0.2, 0.25) is 0 Å². The third-order valence-electron chi connectivity index (χ3n) is 6.82. The molecule has 0 bridgehead atoms. The standard InChI is InChI=1S/C31H33N3O4/c1-24(21-28(35)33-27-15-9-4-10-16-27)32-29(36)22-31(26-13-7-3-8-14-26)17-19-34(20-18-31)30(37)38-23-25-11-5-2-6-12-25/h2-16H,1,17-23H2,(H,32,36)(H,33,35). The zero-order valence-electron chi connectivity index (χ0n) is 21.4. The molecule has 1 saturated heterocycles. The van der Waals surface area contributed by atoms with Crippen molar-refractivity contribution in [2.75, 3.05) is 18.4 Å². The van der Waals surface area contributed by atoms with Crippen molar-refractivity contribution in [3.63, 3.8) is 0 Å². The van der Waals surface area contributed by atoms with Crippen molar-refractivity contribution in [3.8, 4) is 0 Å². The van der Waals surface area contributed by atoms with Gasteiger partial charge in [-0.15, -0.1) is 0 Å². The lowest BCUT2D eigenvalue weighted by atomic mass is 9.70. The molecular formula is C31H33N3O4. The second-order valence-corrected chi connectivity index (χ2v) is 9.59. The highest BCUT2D eigenvalue weighted by molar-refractivity contribution is 5.93. The Hall–Kier alpha value is -4.39. The minimum absolute atomic E-state index is 0.0139. The normalized spacial score (nSPS) is 14.3. The quantitative estimate of drug-likeness (QED) is 0.402. The lowest BCUT2D eigenvalue weighted by molar-refractivity contribution is -0.122. The predicted molar refractivity (Wildman–Crippen MR) is 147 cm³/mol. The molecule has 0 atom stereocenters. The topological polar surface area (TPSA) is 87.7 Å². The van der Waals surface area contributed by atoms with Crippen molar-refractivity contribution in [2.45, 2.75) is 37.7 Å². The van der Waals surface area contributed by atoms with Crippen LogP contribution in [0.1, 0.15) is 36.8 Å². The lowest BCUT2D eigenvalue weighted by Gasteiger charge is -2.41. The average molecular weight is 512 g/mol. The Morgan fingerprint density at radius 1 is 0.816 bits per heavy atom. The number of carbonyl (C=O) groups is 3. The number of nitrogens with zero attached hydrogens (tertiary/aromatic N) is 1. The van der Waals surface area contributed by atoms with E-state index in [9.17, 15) is 14.4 Å². The van der Waals surface area contributed by atoms with Gasteiger partial charge in [0.25, 0.3) is 0 Å². The number of hydrogen-bond acceptors (Lipinski definition) is 4. The maximum absolute atomic E-state index is 13.1. The van der Waals surface area contributed by atoms with Gasteiger partial charge in [-0.3, -0.25) is 9.59 Å². The van der Waals surface area contributed by atoms with Crippen LogP contribution in [0.3, 0.4) is 0 Å². The second-order valence-electron chi connectivity index (χ2n) is 9.59. The van der Waals surface area contributed by atoms with Crippen molar-refractivity contribution >= 4 is 23.6 Å². The van der Waals surface area contributed by atoms with Gasteiger partial charge in [-0.1, -0.05) is 85.4 Å². The lowest BCUT2D eigenvalue weighted by Crippen LogP contribution is -2.47. The van der Waals surface area contributed by atoms with E-state index in [0.29, 0.717) is 37.3 Å². The van der Waals surface area contributed by atoms with Crippen molar-refractivity contribution < 1.29 is 19.1 Å². The van der Waals surface area contributed by atoms with Gasteiger partial charge in [-0.2, -0.15) is 0 Å². The molecular weight excluding hydrogens is 478 g/mol. The van der Waals surface area contributed by atoms with E-state index in [0.717, 1.165) is 11.1 Å². The monoisotopic (exact) mass is 511 g/mol. The van der Waals surface area contributed by atoms with Crippen LogP contribution >= 0.6 is 0 Å². The molecule has 0 aliphatic carbocycles. The summed E-state index contributed by atoms with van der Waals surface area (Å²) in [5, 5.41) is 5.61. The Morgan fingerprint density at radius 3 is 2.03 bits per heavy atom. The van der Waals surface area contributed by atoms with E-state index in [4.69, 9.17) is 4.74 Å². The molecule has 196 valence electrons. The first-order valence-electron chi connectivity index (χ1n) is 12.8. The maximum Gasteiger partial charge on any atom is 0.410 e. The molecule has 1 aliphatic rings. The zero-order valence-corrected chi connectivity index (χ0v) is 21.4. The highest BCUT2D eigenvalue weighted by atomic mass is 16.6. The Bertz CT molecular complexity index is 1240. The first kappa shape index (κ1) is 26.7. The largest absolute Gasteiger partial charge is 0.445 e. The first-order chi connectivity index (χ1) is 18.4. The summed E-state index contributed by atoms with van der Waals surface area (Å²) >= 11 is 0. The van der Waals surface area contributed by atoms with Gasteiger partial charge in [0.2, 0.25) is 11.8 Å². The number of carbonyl (C=O) groups excluding carboxylic acids is 3. The Kier molecular flexibility index (Phi) is 8.93. The first-order valence-corrected chi connectivity index (χ1v) is 12.8. The summed E-state index contributed by atoms with van der Waals surface area (Å²) in [6, 6.07) is 28.6. The van der Waals surface area contributed by atoms with Gasteiger partial charge >= 0.3 is 6.09 Å². The molecule has 7 nitrogen and oxygen atoms in total. The second kappa shape index (κ2) is 12.7. The van der Waals surface area contributed by atoms with Crippen LogP contribution in [0.15, 0.2) is 103 Å². The van der Waals surface area contributed by atoms with Crippen LogP contribution in [0.4, 0.5) is 10.5 Å². The number of amides is 3. The smallest absolute Gasteiger partial charge is 0.410 e. The molecule has 0 spiro atoms. The molecule has 0 unspecified atom stereocenters. The van der Waals surface area contributed by atoms with E-state index in [1.54, 1.807) is 17.0 Å². The molecule has 38 heavy (non-hydrogen) atoms. The van der Waals surface area contributed by atoms with Crippen LogP contribution in [0, 0.1) is 0 Å². The molecule has 7 heteroatoms. The van der Waals surface area contributed by atoms with Gasteiger partial charge in [-0.25, -0.2) is 4.79 Å². The minimum Gasteiger partial charge on any atom is -0.445 e. The van der Waals surface area contributed by atoms with Crippen LogP contribution in [0.25, 0.3) is 0 Å². The molecule has 3 aromatic rings. The molecule has 4 rings (SSSR count). The van der Waals surface area contributed by atoms with Gasteiger partial charge in [-0.05, 0) is 36.1 Å². The fourth-order valence-corrected chi connectivity index (χ4v) is 4.80. The van der Waals surface area contributed by atoms with Gasteiger partial charge in [0.05, 0.1) is 6.42 Å². The van der Waals surface area contributed by atoms with E-state index in [2.05, 4.69) is 17.2 Å². The molecule has 3 aromatic carbocycles. The number of anilines is 1. The molecule has 0 aromatic heterocycles. The Morgan fingerprint density at radius 2 is 1.39 bits per heavy atom. The molecule has 3 amide bonds. The summed E-state index contributed by atoms with van der Waals surface area (Å²) in [6.07, 6.45) is 1.10. The summed E-state index contributed by atoms with van der Waals surface area (Å²) in [5.41, 5.74) is 2.58. The van der Waals surface area contributed by atoms with Crippen LogP contribution in [-0.2, 0) is 26.3 Å². The highest BCUT2D eigenvalue weighted by Gasteiger charge is 2.39. The number of rotatable bonds is 9. The minimum atomic E-state index is -0.436. The summed E-state index contributed by atoms with van der Waals surface area (Å²) in [7, 11) is 0.